The molecule has 2 aromatic carbocycles. The second-order valence-electron chi connectivity index (χ2n) is 7.36. The topological polar surface area (TPSA) is 76.4 Å². The zero-order chi connectivity index (χ0) is 21.8. The number of carbonyl (C=O) groups excluding carboxylic acids is 1. The molecule has 31 heavy (non-hydrogen) atoms. The summed E-state index contributed by atoms with van der Waals surface area (Å²) in [6, 6.07) is 11.1. The van der Waals surface area contributed by atoms with Crippen LogP contribution in [-0.2, 0) is 11.3 Å². The Hall–Kier alpha value is -3.40. The molecule has 0 saturated carbocycles. The second-order valence-corrected chi connectivity index (χ2v) is 7.36. The van der Waals surface area contributed by atoms with Crippen LogP contribution in [-0.4, -0.2) is 68.7 Å². The Morgan fingerprint density at radius 2 is 1.77 bits per heavy atom. The number of hydrogen-bond acceptors (Lipinski definition) is 6. The number of halogens is 2. The monoisotopic (exact) mass is 428 g/mol. The molecule has 1 amide bonds. The zero-order valence-corrected chi connectivity index (χ0v) is 17.0. The van der Waals surface area contributed by atoms with Crippen LogP contribution < -0.4 is 4.74 Å². The van der Waals surface area contributed by atoms with Crippen molar-refractivity contribution in [2.24, 2.45) is 0 Å². The molecule has 0 N–H and O–H groups in total. The molecular weight excluding hydrogens is 406 g/mol. The van der Waals surface area contributed by atoms with Crippen LogP contribution in [0.4, 0.5) is 8.78 Å². The van der Waals surface area contributed by atoms with Crippen LogP contribution in [0.2, 0.25) is 0 Å². The summed E-state index contributed by atoms with van der Waals surface area (Å²) in [5.74, 6) is -0.772. The predicted molar refractivity (Wildman–Crippen MR) is 108 cm³/mol. The van der Waals surface area contributed by atoms with E-state index in [1.807, 2.05) is 31.2 Å². The van der Waals surface area contributed by atoms with Gasteiger partial charge >= 0.3 is 0 Å². The van der Waals surface area contributed by atoms with Crippen LogP contribution in [0.5, 0.6) is 5.75 Å². The largest absolute Gasteiger partial charge is 0.484 e. The van der Waals surface area contributed by atoms with Gasteiger partial charge in [0.05, 0.1) is 12.2 Å². The zero-order valence-electron chi connectivity index (χ0n) is 17.0. The Bertz CT molecular complexity index is 1050. The van der Waals surface area contributed by atoms with Gasteiger partial charge < -0.3 is 9.64 Å². The van der Waals surface area contributed by atoms with Crippen LogP contribution in [0.1, 0.15) is 11.4 Å². The average molecular weight is 428 g/mol. The normalized spacial score (nSPS) is 14.6. The number of piperazine rings is 1. The molecule has 0 radical (unpaired) electrons. The minimum Gasteiger partial charge on any atom is -0.484 e. The van der Waals surface area contributed by atoms with Gasteiger partial charge in [-0.2, -0.15) is 4.68 Å². The fourth-order valence-electron chi connectivity index (χ4n) is 3.35. The number of carbonyl (C=O) groups is 1. The van der Waals surface area contributed by atoms with E-state index in [2.05, 4.69) is 20.4 Å². The maximum atomic E-state index is 13.6. The molecular formula is C21H22F2N6O2. The Labute approximate surface area is 178 Å². The van der Waals surface area contributed by atoms with Gasteiger partial charge in [-0.3, -0.25) is 9.69 Å². The fraction of sp³-hybridized carbons (Fsp3) is 0.333. The number of benzene rings is 2. The van der Waals surface area contributed by atoms with Crippen molar-refractivity contribution >= 4 is 5.91 Å². The van der Waals surface area contributed by atoms with E-state index < -0.39 is 11.6 Å². The average Bonchev–Trinajstić information content (AvgIpc) is 3.23. The summed E-state index contributed by atoms with van der Waals surface area (Å²) in [6.07, 6.45) is 0. The quantitative estimate of drug-likeness (QED) is 0.598. The van der Waals surface area contributed by atoms with Gasteiger partial charge in [0.25, 0.3) is 5.91 Å². The van der Waals surface area contributed by atoms with Gasteiger partial charge in [0.15, 0.2) is 24.1 Å². The lowest BCUT2D eigenvalue weighted by Crippen LogP contribution is -2.49. The highest BCUT2D eigenvalue weighted by molar-refractivity contribution is 5.77. The number of tetrazole rings is 1. The van der Waals surface area contributed by atoms with E-state index in [0.29, 0.717) is 50.0 Å². The highest BCUT2D eigenvalue weighted by atomic mass is 19.2. The third kappa shape index (κ3) is 5.02. The van der Waals surface area contributed by atoms with Crippen molar-refractivity contribution in [2.75, 3.05) is 32.8 Å². The number of ether oxygens (including phenoxy) is 1. The summed E-state index contributed by atoms with van der Waals surface area (Å²) in [4.78, 5) is 16.3. The molecule has 0 spiro atoms. The lowest BCUT2D eigenvalue weighted by molar-refractivity contribution is -0.135. The van der Waals surface area contributed by atoms with Crippen molar-refractivity contribution in [2.45, 2.75) is 13.5 Å². The summed E-state index contributed by atoms with van der Waals surface area (Å²) in [7, 11) is 0. The highest BCUT2D eigenvalue weighted by Gasteiger charge is 2.23. The van der Waals surface area contributed by atoms with Crippen molar-refractivity contribution in [1.82, 2.24) is 30.0 Å². The lowest BCUT2D eigenvalue weighted by Gasteiger charge is -2.34. The van der Waals surface area contributed by atoms with Crippen molar-refractivity contribution in [3.05, 3.63) is 65.5 Å². The van der Waals surface area contributed by atoms with Gasteiger partial charge in [0.2, 0.25) is 0 Å². The first kappa shape index (κ1) is 20.9. The number of amides is 1. The first-order valence-corrected chi connectivity index (χ1v) is 9.92. The molecule has 1 saturated heterocycles. The van der Waals surface area contributed by atoms with E-state index in [9.17, 15) is 13.6 Å². The summed E-state index contributed by atoms with van der Waals surface area (Å²) in [5, 5.41) is 11.5. The maximum Gasteiger partial charge on any atom is 0.260 e. The van der Waals surface area contributed by atoms with Crippen molar-refractivity contribution < 1.29 is 18.3 Å². The molecule has 0 unspecified atom stereocenters. The second kappa shape index (κ2) is 9.17. The minimum atomic E-state index is -0.959. The molecule has 1 aromatic heterocycles. The molecule has 0 aliphatic carbocycles. The van der Waals surface area contributed by atoms with Gasteiger partial charge in [-0.15, -0.1) is 5.10 Å². The third-order valence-electron chi connectivity index (χ3n) is 5.16. The molecule has 1 aliphatic heterocycles. The van der Waals surface area contributed by atoms with Crippen LogP contribution in [0.3, 0.4) is 0 Å². The van der Waals surface area contributed by atoms with Crippen molar-refractivity contribution in [1.29, 1.82) is 0 Å². The Kier molecular flexibility index (Phi) is 6.17. The first-order chi connectivity index (χ1) is 15.0. The van der Waals surface area contributed by atoms with Gasteiger partial charge in [-0.25, -0.2) is 8.78 Å². The molecule has 1 fully saturated rings. The van der Waals surface area contributed by atoms with E-state index in [-0.39, 0.29) is 12.5 Å². The number of aryl methyl sites for hydroxylation is 1. The molecule has 4 rings (SSSR count). The maximum absolute atomic E-state index is 13.6. The van der Waals surface area contributed by atoms with E-state index in [1.54, 1.807) is 4.90 Å². The summed E-state index contributed by atoms with van der Waals surface area (Å²) in [5.41, 5.74) is 1.48. The number of hydrogen-bond donors (Lipinski definition) is 0. The molecule has 2 heterocycles. The Morgan fingerprint density at radius 1 is 1.03 bits per heavy atom. The molecule has 0 bridgehead atoms. The standard InChI is InChI=1S/C21H22F2N6O2/c1-15-2-5-17(6-3-15)31-14-21(30)28-10-8-27(9-11-28)13-20-24-25-26-29(20)16-4-7-18(22)19(23)12-16/h2-7,12H,8-11,13-14H2,1H3. The van der Waals surface area contributed by atoms with E-state index >= 15 is 0 Å². The van der Waals surface area contributed by atoms with Crippen LogP contribution in [0.25, 0.3) is 5.69 Å². The molecule has 10 heteroatoms. The molecule has 162 valence electrons. The van der Waals surface area contributed by atoms with Crippen molar-refractivity contribution in [3.8, 4) is 11.4 Å². The van der Waals surface area contributed by atoms with Gasteiger partial charge in [0, 0.05) is 32.2 Å². The Morgan fingerprint density at radius 3 is 2.48 bits per heavy atom. The van der Waals surface area contributed by atoms with Gasteiger partial charge in [-0.05, 0) is 41.6 Å². The Balaban J connectivity index is 1.29. The van der Waals surface area contributed by atoms with Gasteiger partial charge in [0.1, 0.15) is 5.75 Å². The minimum absolute atomic E-state index is 0.00254. The molecule has 3 aromatic rings. The molecule has 1 aliphatic rings. The van der Waals surface area contributed by atoms with Crippen LogP contribution >= 0.6 is 0 Å². The van der Waals surface area contributed by atoms with E-state index in [0.717, 1.165) is 17.7 Å². The van der Waals surface area contributed by atoms with Crippen molar-refractivity contribution in [3.63, 3.8) is 0 Å². The summed E-state index contributed by atoms with van der Waals surface area (Å²) in [6.45, 7) is 4.81. The van der Waals surface area contributed by atoms with Gasteiger partial charge in [-0.1, -0.05) is 17.7 Å². The highest BCUT2D eigenvalue weighted by Crippen LogP contribution is 2.15. The smallest absolute Gasteiger partial charge is 0.260 e. The molecule has 8 nitrogen and oxygen atoms in total. The summed E-state index contributed by atoms with van der Waals surface area (Å²) >= 11 is 0. The third-order valence-corrected chi connectivity index (χ3v) is 5.16. The first-order valence-electron chi connectivity index (χ1n) is 9.92. The number of rotatable bonds is 6. The van der Waals surface area contributed by atoms with Crippen LogP contribution in [0.15, 0.2) is 42.5 Å². The van der Waals surface area contributed by atoms with Crippen LogP contribution in [0, 0.1) is 18.6 Å². The van der Waals surface area contributed by atoms with E-state index in [1.165, 1.54) is 10.7 Å². The number of aromatic nitrogens is 4. The molecule has 0 atom stereocenters. The summed E-state index contributed by atoms with van der Waals surface area (Å²) < 4.78 is 33.7. The SMILES string of the molecule is Cc1ccc(OCC(=O)N2CCN(Cc3nnnn3-c3ccc(F)c(F)c3)CC2)cc1. The van der Waals surface area contributed by atoms with E-state index in [4.69, 9.17) is 4.74 Å². The lowest BCUT2D eigenvalue weighted by atomic mass is 10.2. The predicted octanol–water partition coefficient (Wildman–Crippen LogP) is 1.97. The fourth-order valence-corrected chi connectivity index (χ4v) is 3.35. The number of nitrogens with zero attached hydrogens (tertiary/aromatic N) is 6.